The number of piperidine rings is 1. The molecule has 0 bridgehead atoms. The summed E-state index contributed by atoms with van der Waals surface area (Å²) in [5, 5.41) is 2.78. The van der Waals surface area contributed by atoms with Gasteiger partial charge in [-0.3, -0.25) is 4.79 Å². The fourth-order valence-electron chi connectivity index (χ4n) is 4.50. The molecule has 36 heavy (non-hydrogen) atoms. The van der Waals surface area contributed by atoms with Crippen LogP contribution in [-0.4, -0.2) is 82.6 Å². The highest BCUT2D eigenvalue weighted by molar-refractivity contribution is 7.89. The number of sulfonamides is 2. The van der Waals surface area contributed by atoms with Gasteiger partial charge in [0, 0.05) is 45.0 Å². The molecule has 1 amide bonds. The number of amides is 1. The molecule has 1 N–H and O–H groups in total. The molecule has 0 radical (unpaired) electrons. The van der Waals surface area contributed by atoms with E-state index in [0.29, 0.717) is 50.3 Å². The first-order valence-electron chi connectivity index (χ1n) is 11.8. The van der Waals surface area contributed by atoms with E-state index in [1.165, 1.54) is 26.8 Å². The SMILES string of the molecule is Cc1ccc(NC(=O)[C@@H]2CCCN(S(=O)(=O)c3ccc(F)cc3)C2)cc1S(=O)(=O)N1CCN(C)CC1. The van der Waals surface area contributed by atoms with Crippen molar-refractivity contribution in [2.24, 2.45) is 5.92 Å². The average Bonchev–Trinajstić information content (AvgIpc) is 2.85. The van der Waals surface area contributed by atoms with Crippen LogP contribution in [0.15, 0.2) is 52.3 Å². The van der Waals surface area contributed by atoms with E-state index in [9.17, 15) is 26.0 Å². The van der Waals surface area contributed by atoms with Gasteiger partial charge in [-0.25, -0.2) is 21.2 Å². The number of hydrogen-bond donors (Lipinski definition) is 1. The van der Waals surface area contributed by atoms with E-state index < -0.39 is 31.8 Å². The normalized spacial score (nSPS) is 20.8. The van der Waals surface area contributed by atoms with Gasteiger partial charge < -0.3 is 10.2 Å². The maximum Gasteiger partial charge on any atom is 0.243 e. The first-order chi connectivity index (χ1) is 17.0. The number of anilines is 1. The Morgan fingerprint density at radius 2 is 1.58 bits per heavy atom. The van der Waals surface area contributed by atoms with Crippen LogP contribution in [0.25, 0.3) is 0 Å². The maximum absolute atomic E-state index is 13.3. The lowest BCUT2D eigenvalue weighted by molar-refractivity contribution is -0.120. The summed E-state index contributed by atoms with van der Waals surface area (Å²) >= 11 is 0. The summed E-state index contributed by atoms with van der Waals surface area (Å²) in [6, 6.07) is 9.37. The van der Waals surface area contributed by atoms with E-state index >= 15 is 0 Å². The molecule has 2 aromatic rings. The van der Waals surface area contributed by atoms with E-state index in [-0.39, 0.29) is 28.8 Å². The van der Waals surface area contributed by atoms with E-state index in [1.54, 1.807) is 19.1 Å². The summed E-state index contributed by atoms with van der Waals surface area (Å²) in [5.41, 5.74) is 0.929. The number of aryl methyl sites for hydroxylation is 1. The molecule has 2 saturated heterocycles. The van der Waals surface area contributed by atoms with Gasteiger partial charge in [-0.15, -0.1) is 0 Å². The molecule has 0 spiro atoms. The molecule has 2 heterocycles. The maximum atomic E-state index is 13.3. The highest BCUT2D eigenvalue weighted by Crippen LogP contribution is 2.27. The summed E-state index contributed by atoms with van der Waals surface area (Å²) in [6.07, 6.45) is 0.995. The number of halogens is 1. The van der Waals surface area contributed by atoms with Gasteiger partial charge in [0.1, 0.15) is 5.82 Å². The second kappa shape index (κ2) is 10.5. The van der Waals surface area contributed by atoms with E-state index in [4.69, 9.17) is 0 Å². The summed E-state index contributed by atoms with van der Waals surface area (Å²) in [4.78, 5) is 15.2. The van der Waals surface area contributed by atoms with Gasteiger partial charge in [0.05, 0.1) is 15.7 Å². The molecule has 196 valence electrons. The summed E-state index contributed by atoms with van der Waals surface area (Å²) in [7, 11) is -5.64. The van der Waals surface area contributed by atoms with Crippen LogP contribution in [0.1, 0.15) is 18.4 Å². The van der Waals surface area contributed by atoms with Crippen molar-refractivity contribution >= 4 is 31.6 Å². The molecule has 2 aliphatic heterocycles. The number of piperazine rings is 1. The summed E-state index contributed by atoms with van der Waals surface area (Å²) in [5.74, 6) is -1.51. The lowest BCUT2D eigenvalue weighted by Crippen LogP contribution is -2.47. The van der Waals surface area contributed by atoms with Gasteiger partial charge in [0.2, 0.25) is 26.0 Å². The third-order valence-corrected chi connectivity index (χ3v) is 10.7. The fraction of sp³-hybridized carbons (Fsp3) is 0.458. The minimum absolute atomic E-state index is 0.0101. The van der Waals surface area contributed by atoms with Crippen molar-refractivity contribution in [1.82, 2.24) is 13.5 Å². The second-order valence-corrected chi connectivity index (χ2v) is 13.2. The molecule has 2 aliphatic rings. The Morgan fingerprint density at radius 3 is 2.25 bits per heavy atom. The molecule has 4 rings (SSSR count). The van der Waals surface area contributed by atoms with E-state index in [1.807, 2.05) is 7.05 Å². The van der Waals surface area contributed by atoms with E-state index in [2.05, 4.69) is 10.2 Å². The summed E-state index contributed by atoms with van der Waals surface area (Å²) in [6.45, 7) is 4.06. The van der Waals surface area contributed by atoms with E-state index in [0.717, 1.165) is 12.1 Å². The number of carbonyl (C=O) groups excluding carboxylic acids is 1. The molecule has 12 heteroatoms. The Bertz CT molecular complexity index is 1320. The van der Waals surface area contributed by atoms with Crippen LogP contribution >= 0.6 is 0 Å². The van der Waals surface area contributed by atoms with Gasteiger partial charge in [0.25, 0.3) is 0 Å². The Hall–Kier alpha value is -2.38. The predicted octanol–water partition coefficient (Wildman–Crippen LogP) is 2.11. The molecule has 0 unspecified atom stereocenters. The zero-order valence-corrected chi connectivity index (χ0v) is 22.0. The average molecular weight is 539 g/mol. The number of nitrogens with one attached hydrogen (secondary N) is 1. The van der Waals surface area contributed by atoms with Crippen LogP contribution in [0.4, 0.5) is 10.1 Å². The third kappa shape index (κ3) is 5.62. The smallest absolute Gasteiger partial charge is 0.243 e. The Morgan fingerprint density at radius 1 is 0.917 bits per heavy atom. The molecule has 0 aliphatic carbocycles. The molecule has 2 aromatic carbocycles. The van der Waals surface area contributed by atoms with Gasteiger partial charge >= 0.3 is 0 Å². The van der Waals surface area contributed by atoms with Crippen LogP contribution in [0.3, 0.4) is 0 Å². The van der Waals surface area contributed by atoms with Crippen molar-refractivity contribution in [1.29, 1.82) is 0 Å². The lowest BCUT2D eigenvalue weighted by atomic mass is 9.98. The summed E-state index contributed by atoms with van der Waals surface area (Å²) < 4.78 is 68.4. The van der Waals surface area contributed by atoms with Crippen LogP contribution in [0, 0.1) is 18.7 Å². The molecular formula is C24H31FN4O5S2. The molecule has 0 aromatic heterocycles. The van der Waals surface area contributed by atoms with Crippen molar-refractivity contribution in [3.05, 3.63) is 53.8 Å². The second-order valence-electron chi connectivity index (χ2n) is 9.33. The van der Waals surface area contributed by atoms with Gasteiger partial charge in [-0.1, -0.05) is 6.07 Å². The Balaban J connectivity index is 1.48. The minimum atomic E-state index is -3.87. The van der Waals surface area contributed by atoms with Crippen LogP contribution in [0.5, 0.6) is 0 Å². The Labute approximate surface area is 212 Å². The van der Waals surface area contributed by atoms with Gasteiger partial charge in [0.15, 0.2) is 0 Å². The molecular weight excluding hydrogens is 507 g/mol. The third-order valence-electron chi connectivity index (χ3n) is 6.74. The topological polar surface area (TPSA) is 107 Å². The number of benzene rings is 2. The highest BCUT2D eigenvalue weighted by atomic mass is 32.2. The van der Waals surface area contributed by atoms with Crippen LogP contribution in [-0.2, 0) is 24.8 Å². The highest BCUT2D eigenvalue weighted by Gasteiger charge is 2.34. The largest absolute Gasteiger partial charge is 0.326 e. The first-order valence-corrected chi connectivity index (χ1v) is 14.7. The number of hydrogen-bond acceptors (Lipinski definition) is 6. The molecule has 1 atom stereocenters. The van der Waals surface area contributed by atoms with Gasteiger partial charge in [-0.05, 0) is 68.8 Å². The van der Waals surface area contributed by atoms with Crippen LogP contribution < -0.4 is 5.32 Å². The molecule has 9 nitrogen and oxygen atoms in total. The zero-order chi connectivity index (χ0) is 26.1. The quantitative estimate of drug-likeness (QED) is 0.604. The standard InChI is InChI=1S/C24H31FN4O5S2/c1-18-5-8-21(16-23(18)36(33,34)28-14-12-27(2)13-15-28)26-24(30)19-4-3-11-29(17-19)35(31,32)22-9-6-20(25)7-10-22/h5-10,16,19H,3-4,11-15,17H2,1-2H3,(H,26,30)/t19-/m1/s1. The number of likely N-dealkylation sites (N-methyl/N-ethyl adjacent to an activating group) is 1. The molecule has 0 saturated carbocycles. The Kier molecular flexibility index (Phi) is 7.81. The molecule has 2 fully saturated rings. The van der Waals surface area contributed by atoms with Crippen molar-refractivity contribution in [3.63, 3.8) is 0 Å². The number of carbonyl (C=O) groups is 1. The van der Waals surface area contributed by atoms with Crippen molar-refractivity contribution in [2.75, 3.05) is 51.6 Å². The monoisotopic (exact) mass is 538 g/mol. The first kappa shape index (κ1) is 26.7. The fourth-order valence-corrected chi connectivity index (χ4v) is 7.69. The number of rotatable bonds is 6. The van der Waals surface area contributed by atoms with Crippen molar-refractivity contribution < 1.29 is 26.0 Å². The lowest BCUT2D eigenvalue weighted by Gasteiger charge is -2.32. The van der Waals surface area contributed by atoms with Crippen molar-refractivity contribution in [3.8, 4) is 0 Å². The van der Waals surface area contributed by atoms with Crippen molar-refractivity contribution in [2.45, 2.75) is 29.6 Å². The predicted molar refractivity (Wildman–Crippen MR) is 134 cm³/mol. The number of nitrogens with zero attached hydrogens (tertiary/aromatic N) is 3. The zero-order valence-electron chi connectivity index (χ0n) is 20.4. The van der Waals surface area contributed by atoms with Gasteiger partial charge in [-0.2, -0.15) is 8.61 Å². The minimum Gasteiger partial charge on any atom is -0.326 e. The van der Waals surface area contributed by atoms with Crippen LogP contribution in [0.2, 0.25) is 0 Å².